The van der Waals surface area contributed by atoms with Gasteiger partial charge in [-0.1, -0.05) is 60.7 Å². The van der Waals surface area contributed by atoms with Gasteiger partial charge >= 0.3 is 0 Å². The minimum absolute atomic E-state index is 0. The number of morpholine rings is 1. The highest BCUT2D eigenvalue weighted by molar-refractivity contribution is 7.80. The standard InChI is InChI=1S/C22H29N3OS.ClH/c27-22(23-12-7-13-24-14-16-26-17-15-24)25(18-20-8-3-1-4-9-20)19-21-10-5-2-6-11-21;/h1-6,8-11H,7,12-19H2,(H,23,27);1H/p-1. The van der Waals surface area contributed by atoms with Crippen LogP contribution in [0.3, 0.4) is 0 Å². The van der Waals surface area contributed by atoms with Crippen LogP contribution in [0.15, 0.2) is 60.7 Å². The van der Waals surface area contributed by atoms with E-state index in [1.54, 1.807) is 0 Å². The van der Waals surface area contributed by atoms with Crippen LogP contribution < -0.4 is 17.7 Å². The van der Waals surface area contributed by atoms with Crippen molar-refractivity contribution in [3.8, 4) is 0 Å². The van der Waals surface area contributed by atoms with E-state index in [0.29, 0.717) is 0 Å². The number of nitrogens with zero attached hydrogens (tertiary/aromatic N) is 2. The SMILES string of the molecule is S=C(NCCCN1CCOCC1)N(Cc1ccccc1)Cc1ccccc1.[Cl-]. The van der Waals surface area contributed by atoms with Gasteiger partial charge in [-0.25, -0.2) is 0 Å². The fourth-order valence-corrected chi connectivity index (χ4v) is 3.47. The summed E-state index contributed by atoms with van der Waals surface area (Å²) in [5.74, 6) is 0. The molecule has 1 aliphatic heterocycles. The van der Waals surface area contributed by atoms with Crippen LogP contribution >= 0.6 is 12.2 Å². The van der Waals surface area contributed by atoms with Crippen LogP contribution in [0.4, 0.5) is 0 Å². The first-order valence-corrected chi connectivity index (χ1v) is 10.1. The van der Waals surface area contributed by atoms with E-state index in [0.717, 1.165) is 64.0 Å². The molecule has 0 spiro atoms. The molecule has 0 atom stereocenters. The predicted molar refractivity (Wildman–Crippen MR) is 115 cm³/mol. The summed E-state index contributed by atoms with van der Waals surface area (Å²) in [5, 5.41) is 4.29. The molecule has 0 bridgehead atoms. The lowest BCUT2D eigenvalue weighted by Crippen LogP contribution is -3.00. The number of hydrogen-bond donors (Lipinski definition) is 1. The number of benzene rings is 2. The molecule has 1 aliphatic rings. The maximum Gasteiger partial charge on any atom is 0.169 e. The van der Waals surface area contributed by atoms with E-state index in [1.807, 2.05) is 12.1 Å². The van der Waals surface area contributed by atoms with Crippen LogP contribution in [0.2, 0.25) is 0 Å². The van der Waals surface area contributed by atoms with Crippen LogP contribution in [-0.2, 0) is 17.8 Å². The lowest BCUT2D eigenvalue weighted by Gasteiger charge is -2.28. The minimum Gasteiger partial charge on any atom is -1.00 e. The number of nitrogens with one attached hydrogen (secondary N) is 1. The fourth-order valence-electron chi connectivity index (χ4n) is 3.24. The predicted octanol–water partition coefficient (Wildman–Crippen LogP) is 0.290. The van der Waals surface area contributed by atoms with Gasteiger partial charge in [0.1, 0.15) is 0 Å². The van der Waals surface area contributed by atoms with Crippen molar-refractivity contribution < 1.29 is 17.1 Å². The van der Waals surface area contributed by atoms with Gasteiger partial charge in [-0.05, 0) is 36.3 Å². The zero-order valence-corrected chi connectivity index (χ0v) is 17.8. The smallest absolute Gasteiger partial charge is 0.169 e. The molecule has 1 fully saturated rings. The summed E-state index contributed by atoms with van der Waals surface area (Å²) in [6.07, 6.45) is 1.09. The number of ether oxygens (including phenoxy) is 1. The second kappa shape index (κ2) is 12.7. The number of thiocarbonyl (C=S) groups is 1. The first-order valence-electron chi connectivity index (χ1n) is 9.72. The Labute approximate surface area is 180 Å². The molecule has 0 aliphatic carbocycles. The van der Waals surface area contributed by atoms with Crippen molar-refractivity contribution in [3.05, 3.63) is 71.8 Å². The third-order valence-corrected chi connectivity index (χ3v) is 5.15. The molecule has 1 N–H and O–H groups in total. The van der Waals surface area contributed by atoms with Crippen molar-refractivity contribution in [2.75, 3.05) is 39.4 Å². The van der Waals surface area contributed by atoms with Crippen molar-refractivity contribution in [3.63, 3.8) is 0 Å². The maximum atomic E-state index is 5.72. The van der Waals surface area contributed by atoms with Gasteiger partial charge in [0.25, 0.3) is 0 Å². The molecule has 2 aromatic rings. The molecular formula is C22H29ClN3OS-. The topological polar surface area (TPSA) is 27.7 Å². The van der Waals surface area contributed by atoms with Crippen molar-refractivity contribution in [2.45, 2.75) is 19.5 Å². The molecular weight excluding hydrogens is 390 g/mol. The Morgan fingerprint density at radius 2 is 1.46 bits per heavy atom. The van der Waals surface area contributed by atoms with E-state index in [4.69, 9.17) is 17.0 Å². The molecule has 4 nitrogen and oxygen atoms in total. The van der Waals surface area contributed by atoms with E-state index in [-0.39, 0.29) is 12.4 Å². The van der Waals surface area contributed by atoms with E-state index < -0.39 is 0 Å². The second-order valence-electron chi connectivity index (χ2n) is 6.87. The van der Waals surface area contributed by atoms with Crippen LogP contribution in [0, 0.1) is 0 Å². The number of halogens is 1. The molecule has 0 unspecified atom stereocenters. The summed E-state index contributed by atoms with van der Waals surface area (Å²) in [6.45, 7) is 7.40. The first-order chi connectivity index (χ1) is 13.3. The zero-order chi connectivity index (χ0) is 18.7. The van der Waals surface area contributed by atoms with Crippen molar-refractivity contribution in [1.29, 1.82) is 0 Å². The molecule has 28 heavy (non-hydrogen) atoms. The van der Waals surface area contributed by atoms with Crippen LogP contribution in [0.25, 0.3) is 0 Å². The Balaban J connectivity index is 0.00000280. The van der Waals surface area contributed by atoms with Crippen LogP contribution in [-0.4, -0.2) is 54.3 Å². The van der Waals surface area contributed by atoms with Gasteiger partial charge in [-0.15, -0.1) is 0 Å². The Bertz CT molecular complexity index is 639. The van der Waals surface area contributed by atoms with Gasteiger partial charge in [0.2, 0.25) is 0 Å². The monoisotopic (exact) mass is 418 g/mol. The van der Waals surface area contributed by atoms with Crippen LogP contribution in [0.1, 0.15) is 17.5 Å². The average Bonchev–Trinajstić information content (AvgIpc) is 2.73. The van der Waals surface area contributed by atoms with Crippen molar-refractivity contribution >= 4 is 17.3 Å². The largest absolute Gasteiger partial charge is 1.00 e. The Morgan fingerprint density at radius 1 is 0.929 bits per heavy atom. The number of rotatable bonds is 8. The Kier molecular flexibility index (Phi) is 10.3. The maximum absolute atomic E-state index is 5.72. The average molecular weight is 419 g/mol. The first kappa shape index (κ1) is 22.6. The highest BCUT2D eigenvalue weighted by Gasteiger charge is 2.12. The third kappa shape index (κ3) is 7.76. The summed E-state index contributed by atoms with van der Waals surface area (Å²) in [6, 6.07) is 21.0. The molecule has 0 radical (unpaired) electrons. The fraction of sp³-hybridized carbons (Fsp3) is 0.409. The molecule has 1 heterocycles. The molecule has 0 amide bonds. The van der Waals surface area contributed by atoms with E-state index in [2.05, 4.69) is 63.6 Å². The second-order valence-corrected chi connectivity index (χ2v) is 7.25. The van der Waals surface area contributed by atoms with Gasteiger partial charge in [0.05, 0.1) is 13.2 Å². The van der Waals surface area contributed by atoms with Gasteiger partial charge in [0.15, 0.2) is 5.11 Å². The Hall–Kier alpha value is -1.66. The quantitative estimate of drug-likeness (QED) is 0.491. The highest BCUT2D eigenvalue weighted by atomic mass is 35.5. The lowest BCUT2D eigenvalue weighted by atomic mass is 10.2. The normalized spacial score (nSPS) is 14.1. The van der Waals surface area contributed by atoms with Gasteiger partial charge in [0, 0.05) is 32.7 Å². The summed E-state index contributed by atoms with van der Waals surface area (Å²) in [4.78, 5) is 4.70. The lowest BCUT2D eigenvalue weighted by molar-refractivity contribution is -0.00000693. The number of hydrogen-bond acceptors (Lipinski definition) is 3. The van der Waals surface area contributed by atoms with Gasteiger partial charge < -0.3 is 27.4 Å². The van der Waals surface area contributed by atoms with Gasteiger partial charge in [-0.2, -0.15) is 0 Å². The van der Waals surface area contributed by atoms with Gasteiger partial charge in [-0.3, -0.25) is 4.90 Å². The van der Waals surface area contributed by atoms with Crippen LogP contribution in [0.5, 0.6) is 0 Å². The molecule has 2 aromatic carbocycles. The van der Waals surface area contributed by atoms with Crippen molar-refractivity contribution in [2.24, 2.45) is 0 Å². The summed E-state index contributed by atoms with van der Waals surface area (Å²) < 4.78 is 5.40. The molecule has 0 saturated carbocycles. The third-order valence-electron chi connectivity index (χ3n) is 4.75. The zero-order valence-electron chi connectivity index (χ0n) is 16.2. The molecule has 3 rings (SSSR count). The minimum atomic E-state index is 0. The van der Waals surface area contributed by atoms with E-state index in [9.17, 15) is 0 Å². The van der Waals surface area contributed by atoms with Crippen molar-refractivity contribution in [1.82, 2.24) is 15.1 Å². The molecule has 152 valence electrons. The summed E-state index contributed by atoms with van der Waals surface area (Å²) in [5.41, 5.74) is 2.54. The molecule has 1 saturated heterocycles. The molecule has 0 aromatic heterocycles. The van der Waals surface area contributed by atoms with E-state index >= 15 is 0 Å². The summed E-state index contributed by atoms with van der Waals surface area (Å²) >= 11 is 5.72. The summed E-state index contributed by atoms with van der Waals surface area (Å²) in [7, 11) is 0. The molecule has 6 heteroatoms. The highest BCUT2D eigenvalue weighted by Crippen LogP contribution is 2.10. The Morgan fingerprint density at radius 3 is 2.00 bits per heavy atom. The van der Waals surface area contributed by atoms with E-state index in [1.165, 1.54) is 11.1 Å².